The van der Waals surface area contributed by atoms with Gasteiger partial charge in [-0.05, 0) is 42.8 Å². The number of fused-ring (bicyclic) bond motifs is 2. The number of amides is 1. The average molecular weight is 493 g/mol. The molecule has 1 amide bonds. The molecule has 0 radical (unpaired) electrons. The van der Waals surface area contributed by atoms with E-state index in [0.717, 1.165) is 17.7 Å². The van der Waals surface area contributed by atoms with Crippen molar-refractivity contribution in [3.63, 3.8) is 0 Å². The zero-order valence-electron chi connectivity index (χ0n) is 19.8. The van der Waals surface area contributed by atoms with Crippen LogP contribution >= 0.6 is 0 Å². The first-order valence-electron chi connectivity index (χ1n) is 11.8. The molecule has 0 aliphatic rings. The molecule has 37 heavy (non-hydrogen) atoms. The Morgan fingerprint density at radius 2 is 1.97 bits per heavy atom. The predicted molar refractivity (Wildman–Crippen MR) is 139 cm³/mol. The van der Waals surface area contributed by atoms with Crippen LogP contribution in [0.4, 0.5) is 10.1 Å². The van der Waals surface area contributed by atoms with Gasteiger partial charge in [0.15, 0.2) is 11.5 Å². The number of aromatic nitrogens is 7. The summed E-state index contributed by atoms with van der Waals surface area (Å²) in [6.07, 6.45) is 7.61. The Hall–Kier alpha value is -4.99. The van der Waals surface area contributed by atoms with Crippen LogP contribution in [0.15, 0.2) is 67.3 Å². The number of nitrogens with zero attached hydrogens (tertiary/aromatic N) is 5. The maximum absolute atomic E-state index is 16.0. The van der Waals surface area contributed by atoms with Crippen LogP contribution < -0.4 is 5.32 Å². The van der Waals surface area contributed by atoms with Gasteiger partial charge in [0.25, 0.3) is 0 Å². The average Bonchev–Trinajstić information content (AvgIpc) is 3.54. The molecule has 10 heteroatoms. The molecule has 6 aromatic rings. The zero-order valence-corrected chi connectivity index (χ0v) is 19.8. The standard InChI is InChI=1S/C27H21FN8O/c1-2-5-21(37)32-16-12-15(13-29-14-16)17-7-8-20-22(23(17)28)25(36-35-20)27-33-24-18(9-11-31-26(24)34-27)19-6-3-4-10-30-19/h3-4,6-14H,2,5H2,1H3,(H,32,37)(H,35,36)(H,31,33,34). The number of nitrogens with one attached hydrogen (secondary N) is 3. The number of carbonyl (C=O) groups excluding carboxylic acids is 1. The molecule has 0 bridgehead atoms. The second kappa shape index (κ2) is 9.23. The number of benzene rings is 1. The van der Waals surface area contributed by atoms with E-state index < -0.39 is 5.82 Å². The fourth-order valence-corrected chi connectivity index (χ4v) is 4.33. The van der Waals surface area contributed by atoms with Gasteiger partial charge < -0.3 is 10.3 Å². The van der Waals surface area contributed by atoms with Gasteiger partial charge in [-0.3, -0.25) is 19.9 Å². The van der Waals surface area contributed by atoms with E-state index in [1.54, 1.807) is 36.8 Å². The molecule has 182 valence electrons. The Kier molecular flexibility index (Phi) is 5.61. The molecule has 5 heterocycles. The maximum atomic E-state index is 16.0. The first-order valence-corrected chi connectivity index (χ1v) is 11.8. The second-order valence-corrected chi connectivity index (χ2v) is 8.54. The second-order valence-electron chi connectivity index (χ2n) is 8.54. The largest absolute Gasteiger partial charge is 0.335 e. The van der Waals surface area contributed by atoms with Gasteiger partial charge in [-0.25, -0.2) is 14.4 Å². The van der Waals surface area contributed by atoms with E-state index in [9.17, 15) is 4.79 Å². The molecule has 0 spiro atoms. The van der Waals surface area contributed by atoms with Crippen molar-refractivity contribution in [1.29, 1.82) is 0 Å². The molecular weight excluding hydrogens is 471 g/mol. The highest BCUT2D eigenvalue weighted by Crippen LogP contribution is 2.35. The van der Waals surface area contributed by atoms with Crippen molar-refractivity contribution in [2.24, 2.45) is 0 Å². The molecule has 6 rings (SSSR count). The summed E-state index contributed by atoms with van der Waals surface area (Å²) < 4.78 is 16.0. The summed E-state index contributed by atoms with van der Waals surface area (Å²) >= 11 is 0. The molecule has 0 saturated carbocycles. The molecular formula is C27H21FN8O. The summed E-state index contributed by atoms with van der Waals surface area (Å²) in [5, 5.41) is 10.3. The number of carbonyl (C=O) groups is 1. The van der Waals surface area contributed by atoms with Gasteiger partial charge in [0, 0.05) is 41.7 Å². The van der Waals surface area contributed by atoms with Crippen molar-refractivity contribution in [2.45, 2.75) is 19.8 Å². The minimum atomic E-state index is -0.474. The number of rotatable bonds is 6. The quantitative estimate of drug-likeness (QED) is 0.282. The molecule has 0 aliphatic carbocycles. The van der Waals surface area contributed by atoms with E-state index in [1.165, 1.54) is 6.20 Å². The third-order valence-electron chi connectivity index (χ3n) is 6.03. The minimum absolute atomic E-state index is 0.113. The van der Waals surface area contributed by atoms with Gasteiger partial charge in [-0.2, -0.15) is 5.10 Å². The normalized spacial score (nSPS) is 11.3. The number of anilines is 1. The Morgan fingerprint density at radius 1 is 1.05 bits per heavy atom. The van der Waals surface area contributed by atoms with Crippen LogP contribution in [0.25, 0.3) is 56.0 Å². The molecule has 0 aliphatic heterocycles. The molecule has 1 aromatic carbocycles. The van der Waals surface area contributed by atoms with Crippen molar-refractivity contribution in [3.05, 3.63) is 73.1 Å². The minimum Gasteiger partial charge on any atom is -0.335 e. The van der Waals surface area contributed by atoms with Crippen molar-refractivity contribution in [1.82, 2.24) is 35.1 Å². The maximum Gasteiger partial charge on any atom is 0.224 e. The summed E-state index contributed by atoms with van der Waals surface area (Å²) in [5.41, 5.74) is 4.99. The smallest absolute Gasteiger partial charge is 0.224 e. The summed E-state index contributed by atoms with van der Waals surface area (Å²) in [6.45, 7) is 1.93. The summed E-state index contributed by atoms with van der Waals surface area (Å²) in [4.78, 5) is 32.9. The van der Waals surface area contributed by atoms with E-state index in [4.69, 9.17) is 0 Å². The van der Waals surface area contributed by atoms with Crippen molar-refractivity contribution in [2.75, 3.05) is 5.32 Å². The zero-order chi connectivity index (χ0) is 25.4. The number of aromatic amines is 2. The Morgan fingerprint density at radius 3 is 2.81 bits per heavy atom. The van der Waals surface area contributed by atoms with Gasteiger partial charge in [0.2, 0.25) is 5.91 Å². The van der Waals surface area contributed by atoms with Crippen LogP contribution in [0.5, 0.6) is 0 Å². The molecule has 0 atom stereocenters. The topological polar surface area (TPSA) is 125 Å². The lowest BCUT2D eigenvalue weighted by molar-refractivity contribution is -0.116. The number of hydrogen-bond donors (Lipinski definition) is 3. The van der Waals surface area contributed by atoms with Crippen molar-refractivity contribution in [3.8, 4) is 33.9 Å². The molecule has 0 fully saturated rings. The molecule has 9 nitrogen and oxygen atoms in total. The van der Waals surface area contributed by atoms with Crippen LogP contribution in [0.2, 0.25) is 0 Å². The van der Waals surface area contributed by atoms with E-state index in [2.05, 4.69) is 40.4 Å². The first kappa shape index (κ1) is 22.5. The third kappa shape index (κ3) is 4.08. The lowest BCUT2D eigenvalue weighted by Gasteiger charge is -2.08. The summed E-state index contributed by atoms with van der Waals surface area (Å²) in [5.74, 6) is -0.205. The van der Waals surface area contributed by atoms with E-state index >= 15 is 4.39 Å². The van der Waals surface area contributed by atoms with Gasteiger partial charge in [0.1, 0.15) is 11.5 Å². The molecule has 0 unspecified atom stereocenters. The van der Waals surface area contributed by atoms with E-state index in [0.29, 0.717) is 51.4 Å². The predicted octanol–water partition coefficient (Wildman–Crippen LogP) is 5.50. The fourth-order valence-electron chi connectivity index (χ4n) is 4.33. The Labute approximate surface area is 210 Å². The first-order chi connectivity index (χ1) is 18.1. The van der Waals surface area contributed by atoms with Crippen molar-refractivity contribution >= 4 is 33.7 Å². The van der Waals surface area contributed by atoms with E-state index in [1.807, 2.05) is 31.2 Å². The lowest BCUT2D eigenvalue weighted by atomic mass is 10.0. The van der Waals surface area contributed by atoms with Crippen LogP contribution in [0.1, 0.15) is 19.8 Å². The number of H-pyrrole nitrogens is 2. The highest BCUT2D eigenvalue weighted by molar-refractivity contribution is 5.98. The van der Waals surface area contributed by atoms with E-state index in [-0.39, 0.29) is 11.3 Å². The number of imidazole rings is 1. The third-order valence-corrected chi connectivity index (χ3v) is 6.03. The SMILES string of the molecule is CCCC(=O)Nc1cncc(-c2ccc3[nH]nc(-c4nc5nccc(-c6ccccn6)c5[nH]4)c3c2F)c1. The molecule has 5 aromatic heterocycles. The summed E-state index contributed by atoms with van der Waals surface area (Å²) in [7, 11) is 0. The Bertz CT molecular complexity index is 1760. The van der Waals surface area contributed by atoms with Crippen LogP contribution in [0, 0.1) is 5.82 Å². The van der Waals surface area contributed by atoms with Gasteiger partial charge in [0.05, 0.1) is 34.0 Å². The van der Waals surface area contributed by atoms with Gasteiger partial charge >= 0.3 is 0 Å². The highest BCUT2D eigenvalue weighted by atomic mass is 19.1. The van der Waals surface area contributed by atoms with Crippen LogP contribution in [-0.4, -0.2) is 41.0 Å². The highest BCUT2D eigenvalue weighted by Gasteiger charge is 2.21. The van der Waals surface area contributed by atoms with Gasteiger partial charge in [-0.1, -0.05) is 13.0 Å². The molecule has 3 N–H and O–H groups in total. The fraction of sp³-hybridized carbons (Fsp3) is 0.111. The van der Waals surface area contributed by atoms with Gasteiger partial charge in [-0.15, -0.1) is 0 Å². The summed E-state index contributed by atoms with van der Waals surface area (Å²) in [6, 6.07) is 12.6. The monoisotopic (exact) mass is 492 g/mol. The van der Waals surface area contributed by atoms with Crippen molar-refractivity contribution < 1.29 is 9.18 Å². The van der Waals surface area contributed by atoms with Crippen LogP contribution in [-0.2, 0) is 4.79 Å². The lowest BCUT2D eigenvalue weighted by Crippen LogP contribution is -2.10. The Balaban J connectivity index is 1.44. The number of halogens is 1. The number of pyridine rings is 3. The molecule has 0 saturated heterocycles. The number of hydrogen-bond acceptors (Lipinski definition) is 6. The van der Waals surface area contributed by atoms with Crippen LogP contribution in [0.3, 0.4) is 0 Å².